The van der Waals surface area contributed by atoms with E-state index < -0.39 is 5.97 Å². The van der Waals surface area contributed by atoms with E-state index in [0.29, 0.717) is 13.0 Å². The van der Waals surface area contributed by atoms with Crippen LogP contribution in [-0.4, -0.2) is 34.3 Å². The third-order valence-corrected chi connectivity index (χ3v) is 2.54. The average molecular weight is 238 g/mol. The molecule has 0 saturated carbocycles. The Morgan fingerprint density at radius 3 is 2.82 bits per heavy atom. The normalized spacial score (nSPS) is 11.2. The maximum atomic E-state index is 10.7. The molecule has 5 heteroatoms. The maximum Gasteiger partial charge on any atom is 0.354 e. The number of aliphatic hydroxyl groups is 1. The molecule has 0 unspecified atom stereocenters. The van der Waals surface area contributed by atoms with E-state index in [1.54, 1.807) is 6.07 Å². The van der Waals surface area contributed by atoms with Crippen LogP contribution in [0.15, 0.2) is 18.3 Å². The third kappa shape index (κ3) is 4.40. The van der Waals surface area contributed by atoms with E-state index >= 15 is 0 Å². The molecular formula is C12H18N2O3. The van der Waals surface area contributed by atoms with Crippen molar-refractivity contribution in [2.75, 3.05) is 18.5 Å². The summed E-state index contributed by atoms with van der Waals surface area (Å²) < 4.78 is 0. The molecule has 0 atom stereocenters. The number of aliphatic hydroxyl groups excluding tert-OH is 1. The topological polar surface area (TPSA) is 82.5 Å². The smallest absolute Gasteiger partial charge is 0.354 e. The monoisotopic (exact) mass is 238 g/mol. The first kappa shape index (κ1) is 13.4. The number of pyridine rings is 1. The minimum atomic E-state index is -1.04. The number of rotatable bonds is 6. The summed E-state index contributed by atoms with van der Waals surface area (Å²) >= 11 is 0. The Balaban J connectivity index is 2.63. The minimum absolute atomic E-state index is 0.0231. The fourth-order valence-corrected chi connectivity index (χ4v) is 1.39. The molecule has 1 aromatic rings. The Morgan fingerprint density at radius 1 is 1.53 bits per heavy atom. The number of aromatic nitrogens is 1. The van der Waals surface area contributed by atoms with Gasteiger partial charge in [-0.3, -0.25) is 0 Å². The molecule has 1 heterocycles. The van der Waals surface area contributed by atoms with Crippen molar-refractivity contribution in [3.8, 4) is 0 Å². The maximum absolute atomic E-state index is 10.7. The van der Waals surface area contributed by atoms with Crippen LogP contribution in [0.2, 0.25) is 0 Å². The highest BCUT2D eigenvalue weighted by atomic mass is 16.4. The second-order valence-electron chi connectivity index (χ2n) is 4.73. The van der Waals surface area contributed by atoms with Gasteiger partial charge < -0.3 is 15.5 Å². The Bertz CT molecular complexity index is 391. The quantitative estimate of drug-likeness (QED) is 0.701. The summed E-state index contributed by atoms with van der Waals surface area (Å²) in [6, 6.07) is 3.22. The first-order valence-corrected chi connectivity index (χ1v) is 5.49. The number of nitrogens with one attached hydrogen (secondary N) is 1. The standard InChI is InChI=1S/C12H18N2O3/c1-12(2,4-6-15)8-14-9-3-5-13-10(7-9)11(16)17/h3,5,7,15H,4,6,8H2,1-2H3,(H,13,14)(H,16,17). The van der Waals surface area contributed by atoms with Gasteiger partial charge in [0, 0.05) is 25.0 Å². The fourth-order valence-electron chi connectivity index (χ4n) is 1.39. The number of nitrogens with zero attached hydrogens (tertiary/aromatic N) is 1. The lowest BCUT2D eigenvalue weighted by atomic mass is 9.90. The first-order valence-electron chi connectivity index (χ1n) is 5.49. The average Bonchev–Trinajstić information content (AvgIpc) is 2.27. The van der Waals surface area contributed by atoms with Crippen LogP contribution >= 0.6 is 0 Å². The molecule has 94 valence electrons. The second-order valence-corrected chi connectivity index (χ2v) is 4.73. The van der Waals surface area contributed by atoms with Crippen LogP contribution in [0.5, 0.6) is 0 Å². The van der Waals surface area contributed by atoms with Crippen LogP contribution in [0.1, 0.15) is 30.8 Å². The molecule has 0 spiro atoms. The number of carbonyl (C=O) groups is 1. The molecule has 3 N–H and O–H groups in total. The number of hydrogen-bond acceptors (Lipinski definition) is 4. The molecule has 17 heavy (non-hydrogen) atoms. The van der Waals surface area contributed by atoms with Gasteiger partial charge in [-0.25, -0.2) is 9.78 Å². The second kappa shape index (κ2) is 5.63. The number of hydrogen-bond donors (Lipinski definition) is 3. The number of carboxylic acid groups (broad SMARTS) is 1. The fraction of sp³-hybridized carbons (Fsp3) is 0.500. The number of aromatic carboxylic acids is 1. The van der Waals surface area contributed by atoms with E-state index in [-0.39, 0.29) is 17.7 Å². The van der Waals surface area contributed by atoms with E-state index in [0.717, 1.165) is 5.69 Å². The van der Waals surface area contributed by atoms with E-state index in [4.69, 9.17) is 10.2 Å². The summed E-state index contributed by atoms with van der Waals surface area (Å²) in [5.41, 5.74) is 0.708. The van der Waals surface area contributed by atoms with Gasteiger partial charge in [0.2, 0.25) is 0 Å². The predicted molar refractivity (Wildman–Crippen MR) is 65.2 cm³/mol. The van der Waals surface area contributed by atoms with Crippen molar-refractivity contribution >= 4 is 11.7 Å². The molecule has 0 radical (unpaired) electrons. The van der Waals surface area contributed by atoms with E-state index in [1.165, 1.54) is 12.3 Å². The van der Waals surface area contributed by atoms with Crippen LogP contribution in [0.4, 0.5) is 5.69 Å². The molecule has 0 aliphatic carbocycles. The summed E-state index contributed by atoms with van der Waals surface area (Å²) in [5, 5.41) is 20.8. The molecule has 5 nitrogen and oxygen atoms in total. The molecular weight excluding hydrogens is 220 g/mol. The molecule has 0 fully saturated rings. The van der Waals surface area contributed by atoms with Gasteiger partial charge in [0.05, 0.1) is 0 Å². The van der Waals surface area contributed by atoms with E-state index in [2.05, 4.69) is 10.3 Å². The van der Waals surface area contributed by atoms with Crippen molar-refractivity contribution in [2.45, 2.75) is 20.3 Å². The lowest BCUT2D eigenvalue weighted by molar-refractivity contribution is 0.0690. The van der Waals surface area contributed by atoms with Gasteiger partial charge in [-0.05, 0) is 24.0 Å². The van der Waals surface area contributed by atoms with Gasteiger partial charge in [-0.2, -0.15) is 0 Å². The van der Waals surface area contributed by atoms with Gasteiger partial charge in [-0.15, -0.1) is 0 Å². The van der Waals surface area contributed by atoms with Crippen molar-refractivity contribution in [3.05, 3.63) is 24.0 Å². The van der Waals surface area contributed by atoms with E-state index in [1.807, 2.05) is 13.8 Å². The minimum Gasteiger partial charge on any atom is -0.477 e. The predicted octanol–water partition coefficient (Wildman–Crippen LogP) is 1.60. The zero-order chi connectivity index (χ0) is 12.9. The van der Waals surface area contributed by atoms with Crippen molar-refractivity contribution in [1.29, 1.82) is 0 Å². The van der Waals surface area contributed by atoms with Gasteiger partial charge in [-0.1, -0.05) is 13.8 Å². The van der Waals surface area contributed by atoms with Crippen LogP contribution in [0, 0.1) is 5.41 Å². The van der Waals surface area contributed by atoms with Gasteiger partial charge >= 0.3 is 5.97 Å². The first-order chi connectivity index (χ1) is 7.94. The third-order valence-electron chi connectivity index (χ3n) is 2.54. The van der Waals surface area contributed by atoms with Crippen LogP contribution < -0.4 is 5.32 Å². The molecule has 0 bridgehead atoms. The molecule has 1 aromatic heterocycles. The lowest BCUT2D eigenvalue weighted by Gasteiger charge is -2.24. The van der Waals surface area contributed by atoms with Crippen LogP contribution in [0.3, 0.4) is 0 Å². The van der Waals surface area contributed by atoms with Crippen molar-refractivity contribution < 1.29 is 15.0 Å². The summed E-state index contributed by atoms with van der Waals surface area (Å²) in [6.07, 6.45) is 2.15. The molecule has 0 saturated heterocycles. The summed E-state index contributed by atoms with van der Waals surface area (Å²) in [6.45, 7) is 4.88. The molecule has 0 aromatic carbocycles. The number of carboxylic acids is 1. The van der Waals surface area contributed by atoms with Crippen LogP contribution in [-0.2, 0) is 0 Å². The number of anilines is 1. The molecule has 0 aliphatic heterocycles. The Labute approximate surface area is 101 Å². The van der Waals surface area contributed by atoms with Gasteiger partial charge in [0.25, 0.3) is 0 Å². The van der Waals surface area contributed by atoms with Gasteiger partial charge in [0.1, 0.15) is 5.69 Å². The SMILES string of the molecule is CC(C)(CCO)CNc1ccnc(C(=O)O)c1. The highest BCUT2D eigenvalue weighted by Crippen LogP contribution is 2.20. The summed E-state index contributed by atoms with van der Waals surface area (Å²) in [7, 11) is 0. The van der Waals surface area contributed by atoms with Crippen molar-refractivity contribution in [1.82, 2.24) is 4.98 Å². The Hall–Kier alpha value is -1.62. The zero-order valence-electron chi connectivity index (χ0n) is 10.1. The molecule has 0 aliphatic rings. The lowest BCUT2D eigenvalue weighted by Crippen LogP contribution is -2.24. The van der Waals surface area contributed by atoms with Gasteiger partial charge in [0.15, 0.2) is 0 Å². The highest BCUT2D eigenvalue weighted by molar-refractivity contribution is 5.86. The largest absolute Gasteiger partial charge is 0.477 e. The summed E-state index contributed by atoms with van der Waals surface area (Å²) in [5.74, 6) is -1.04. The van der Waals surface area contributed by atoms with E-state index in [9.17, 15) is 4.79 Å². The van der Waals surface area contributed by atoms with Crippen molar-refractivity contribution in [3.63, 3.8) is 0 Å². The highest BCUT2D eigenvalue weighted by Gasteiger charge is 2.16. The molecule has 0 amide bonds. The summed E-state index contributed by atoms with van der Waals surface area (Å²) in [4.78, 5) is 14.5. The molecule has 1 rings (SSSR count). The van der Waals surface area contributed by atoms with Crippen molar-refractivity contribution in [2.24, 2.45) is 5.41 Å². The Kier molecular flexibility index (Phi) is 4.45. The zero-order valence-corrected chi connectivity index (χ0v) is 10.1. The van der Waals surface area contributed by atoms with Crippen LogP contribution in [0.25, 0.3) is 0 Å². The Morgan fingerprint density at radius 2 is 2.24 bits per heavy atom.